The summed E-state index contributed by atoms with van der Waals surface area (Å²) in [6, 6.07) is 4.66. The molecule has 5 rings (SSSR count). The molecule has 0 bridgehead atoms. The minimum atomic E-state index is -4.43. The van der Waals surface area contributed by atoms with Crippen LogP contribution in [-0.4, -0.2) is 28.4 Å². The van der Waals surface area contributed by atoms with E-state index in [1.54, 1.807) is 0 Å². The lowest BCUT2D eigenvalue weighted by Crippen LogP contribution is -2.38. The van der Waals surface area contributed by atoms with E-state index in [-0.39, 0.29) is 11.3 Å². The Kier molecular flexibility index (Phi) is 6.25. The van der Waals surface area contributed by atoms with Gasteiger partial charge in [-0.05, 0) is 84.2 Å². The average Bonchev–Trinajstić information content (AvgIpc) is 2.77. The van der Waals surface area contributed by atoms with Crippen molar-refractivity contribution in [2.75, 3.05) is 13.2 Å². The van der Waals surface area contributed by atoms with Crippen molar-refractivity contribution < 1.29 is 28.1 Å². The molecule has 1 saturated heterocycles. The van der Waals surface area contributed by atoms with E-state index in [0.717, 1.165) is 64.8 Å². The highest BCUT2D eigenvalue weighted by atomic mass is 127. The van der Waals surface area contributed by atoms with Gasteiger partial charge < -0.3 is 14.9 Å². The summed E-state index contributed by atoms with van der Waals surface area (Å²) in [5.74, 6) is 0.105. The summed E-state index contributed by atoms with van der Waals surface area (Å²) in [6.45, 7) is 1.23. The Morgan fingerprint density at radius 1 is 1.12 bits per heavy atom. The number of benzene rings is 1. The van der Waals surface area contributed by atoms with Crippen LogP contribution in [0.1, 0.15) is 90.3 Å². The lowest BCUT2D eigenvalue weighted by atomic mass is 9.59. The quantitative estimate of drug-likeness (QED) is 0.454. The van der Waals surface area contributed by atoms with Crippen molar-refractivity contribution in [3.05, 3.63) is 61.5 Å². The molecule has 2 aromatic rings. The van der Waals surface area contributed by atoms with Crippen molar-refractivity contribution in [3.8, 4) is 0 Å². The molecule has 1 aromatic carbocycles. The molecular formula is C25H27F3INO3. The molecule has 2 heterocycles. The minimum Gasteiger partial charge on any atom is -0.388 e. The molecule has 33 heavy (non-hydrogen) atoms. The molecule has 2 atom stereocenters. The summed E-state index contributed by atoms with van der Waals surface area (Å²) in [5, 5.41) is 22.5. The first-order valence-corrected chi connectivity index (χ1v) is 12.6. The van der Waals surface area contributed by atoms with Crippen LogP contribution >= 0.6 is 22.6 Å². The first-order valence-electron chi connectivity index (χ1n) is 11.5. The van der Waals surface area contributed by atoms with E-state index >= 15 is 0 Å². The predicted molar refractivity (Wildman–Crippen MR) is 125 cm³/mol. The molecule has 1 aromatic heterocycles. The Hall–Kier alpha value is -1.23. The number of hydrogen-bond donors (Lipinski definition) is 2. The van der Waals surface area contributed by atoms with Gasteiger partial charge in [0.2, 0.25) is 0 Å². The molecule has 1 aliphatic heterocycles. The highest BCUT2D eigenvalue weighted by Gasteiger charge is 2.45. The molecule has 0 amide bonds. The fourth-order valence-electron chi connectivity index (χ4n) is 5.68. The van der Waals surface area contributed by atoms with Crippen molar-refractivity contribution in [2.24, 2.45) is 5.41 Å². The Bertz CT molecular complexity index is 1030. The molecule has 3 aliphatic rings. The first kappa shape index (κ1) is 23.5. The van der Waals surface area contributed by atoms with Gasteiger partial charge in [0.1, 0.15) is 6.10 Å². The largest absolute Gasteiger partial charge is 0.416 e. The average molecular weight is 573 g/mol. The third-order valence-corrected chi connectivity index (χ3v) is 8.83. The zero-order valence-electron chi connectivity index (χ0n) is 18.2. The Labute approximate surface area is 204 Å². The lowest BCUT2D eigenvalue weighted by molar-refractivity contribution is -0.137. The van der Waals surface area contributed by atoms with E-state index in [1.807, 2.05) is 0 Å². The highest BCUT2D eigenvalue weighted by molar-refractivity contribution is 14.1. The smallest absolute Gasteiger partial charge is 0.388 e. The summed E-state index contributed by atoms with van der Waals surface area (Å²) in [6.07, 6.45) is 0.278. The molecule has 2 N–H and O–H groups in total. The van der Waals surface area contributed by atoms with E-state index < -0.39 is 23.9 Å². The predicted octanol–water partition coefficient (Wildman–Crippen LogP) is 5.83. The fraction of sp³-hybridized carbons (Fsp3) is 0.560. The maximum absolute atomic E-state index is 13.0. The van der Waals surface area contributed by atoms with E-state index in [0.29, 0.717) is 30.8 Å². The van der Waals surface area contributed by atoms with Gasteiger partial charge in [0, 0.05) is 39.5 Å². The molecule has 4 nitrogen and oxygen atoms in total. The van der Waals surface area contributed by atoms with Gasteiger partial charge in [0.15, 0.2) is 0 Å². The van der Waals surface area contributed by atoms with Gasteiger partial charge in [-0.15, -0.1) is 0 Å². The lowest BCUT2D eigenvalue weighted by Gasteiger charge is -2.47. The van der Waals surface area contributed by atoms with Crippen LogP contribution in [-0.2, 0) is 17.3 Å². The number of halogens is 4. The van der Waals surface area contributed by atoms with Crippen LogP contribution in [0, 0.1) is 8.99 Å². The van der Waals surface area contributed by atoms with Crippen LogP contribution in [0.25, 0.3) is 0 Å². The molecule has 2 fully saturated rings. The summed E-state index contributed by atoms with van der Waals surface area (Å²) < 4.78 is 45.4. The van der Waals surface area contributed by atoms with Crippen LogP contribution in [0.2, 0.25) is 0 Å². The Balaban J connectivity index is 1.60. The SMILES string of the molecule is OC1CC2(CCC2)Cc2nc(C3CCOCC3)c([C@@H](O)c3ccc(C(F)(F)F)cc3)c(I)c21. The second-order valence-electron chi connectivity index (χ2n) is 9.74. The molecule has 1 spiro atoms. The Morgan fingerprint density at radius 3 is 2.36 bits per heavy atom. The highest BCUT2D eigenvalue weighted by Crippen LogP contribution is 2.54. The Morgan fingerprint density at radius 2 is 1.79 bits per heavy atom. The zero-order valence-corrected chi connectivity index (χ0v) is 20.3. The molecule has 8 heteroatoms. The van der Waals surface area contributed by atoms with Crippen molar-refractivity contribution in [3.63, 3.8) is 0 Å². The second-order valence-corrected chi connectivity index (χ2v) is 10.8. The number of aliphatic hydroxyl groups is 2. The van der Waals surface area contributed by atoms with E-state index in [4.69, 9.17) is 9.72 Å². The second kappa shape index (κ2) is 8.77. The fourth-order valence-corrected chi connectivity index (χ4v) is 6.93. The first-order chi connectivity index (χ1) is 15.7. The maximum atomic E-state index is 13.0. The number of aliphatic hydroxyl groups excluding tert-OH is 2. The summed E-state index contributed by atoms with van der Waals surface area (Å²) in [4.78, 5) is 5.07. The number of pyridine rings is 1. The summed E-state index contributed by atoms with van der Waals surface area (Å²) in [7, 11) is 0. The van der Waals surface area contributed by atoms with Gasteiger partial charge >= 0.3 is 6.18 Å². The van der Waals surface area contributed by atoms with E-state index in [1.165, 1.54) is 18.6 Å². The number of fused-ring (bicyclic) bond motifs is 1. The van der Waals surface area contributed by atoms with Crippen molar-refractivity contribution in [2.45, 2.75) is 69.2 Å². The van der Waals surface area contributed by atoms with Crippen molar-refractivity contribution in [1.29, 1.82) is 0 Å². The van der Waals surface area contributed by atoms with Gasteiger partial charge in [-0.1, -0.05) is 18.6 Å². The van der Waals surface area contributed by atoms with E-state index in [2.05, 4.69) is 22.6 Å². The number of hydrogen-bond acceptors (Lipinski definition) is 4. The third kappa shape index (κ3) is 4.32. The van der Waals surface area contributed by atoms with Crippen LogP contribution in [0.15, 0.2) is 24.3 Å². The number of rotatable bonds is 3. The molecular weight excluding hydrogens is 546 g/mol. The van der Waals surface area contributed by atoms with Crippen LogP contribution in [0.5, 0.6) is 0 Å². The molecule has 178 valence electrons. The third-order valence-electron chi connectivity index (χ3n) is 7.67. The van der Waals surface area contributed by atoms with Crippen molar-refractivity contribution in [1.82, 2.24) is 4.98 Å². The molecule has 1 saturated carbocycles. The number of nitrogens with zero attached hydrogens (tertiary/aromatic N) is 1. The van der Waals surface area contributed by atoms with Crippen LogP contribution < -0.4 is 0 Å². The van der Waals surface area contributed by atoms with Gasteiger partial charge in [-0.25, -0.2) is 0 Å². The van der Waals surface area contributed by atoms with Gasteiger partial charge in [-0.3, -0.25) is 4.98 Å². The van der Waals surface area contributed by atoms with Crippen LogP contribution in [0.4, 0.5) is 13.2 Å². The topological polar surface area (TPSA) is 62.6 Å². The molecule has 1 unspecified atom stereocenters. The molecule has 2 aliphatic carbocycles. The number of alkyl halides is 3. The van der Waals surface area contributed by atoms with Crippen LogP contribution in [0.3, 0.4) is 0 Å². The van der Waals surface area contributed by atoms with Gasteiger partial charge in [-0.2, -0.15) is 13.2 Å². The molecule has 0 radical (unpaired) electrons. The standard InChI is InChI=1S/C25H27F3INO3/c26-25(27,28)16-4-2-15(3-5-16)23(32)20-21(29)19-17(12-24(8-1-9-24)13-18(19)31)30-22(20)14-6-10-33-11-7-14/h2-5,14,18,23,31-32H,1,6-13H2/t18?,23-/m0/s1. The minimum absolute atomic E-state index is 0.105. The van der Waals surface area contributed by atoms with E-state index in [9.17, 15) is 23.4 Å². The normalized spacial score (nSPS) is 23.8. The monoisotopic (exact) mass is 573 g/mol. The summed E-state index contributed by atoms with van der Waals surface area (Å²) >= 11 is 2.19. The van der Waals surface area contributed by atoms with Gasteiger partial charge in [0.05, 0.1) is 17.4 Å². The number of ether oxygens (including phenoxy) is 1. The van der Waals surface area contributed by atoms with Crippen molar-refractivity contribution >= 4 is 22.6 Å². The number of aromatic nitrogens is 1. The summed E-state index contributed by atoms with van der Waals surface area (Å²) in [5.41, 5.74) is 2.89. The van der Waals surface area contributed by atoms with Gasteiger partial charge in [0.25, 0.3) is 0 Å². The maximum Gasteiger partial charge on any atom is 0.416 e. The zero-order chi connectivity index (χ0) is 23.4.